The predicted octanol–water partition coefficient (Wildman–Crippen LogP) is 3.50. The van der Waals surface area contributed by atoms with Crippen LogP contribution in [-0.2, 0) is 6.42 Å². The molecule has 6 heteroatoms. The molecule has 27 heavy (non-hydrogen) atoms. The molecule has 138 valence electrons. The highest BCUT2D eigenvalue weighted by molar-refractivity contribution is 5.62. The summed E-state index contributed by atoms with van der Waals surface area (Å²) in [7, 11) is 0. The Morgan fingerprint density at radius 1 is 0.852 bits per heavy atom. The molecular weight excluding hydrogens is 336 g/mol. The first-order valence-corrected chi connectivity index (χ1v) is 9.41. The summed E-state index contributed by atoms with van der Waals surface area (Å²) in [6.45, 7) is 5.86. The van der Waals surface area contributed by atoms with Gasteiger partial charge in [0.15, 0.2) is 0 Å². The Balaban J connectivity index is 1.44. The highest BCUT2D eigenvalue weighted by Gasteiger charge is 2.19. The average Bonchev–Trinajstić information content (AvgIpc) is 2.75. The van der Waals surface area contributed by atoms with Crippen molar-refractivity contribution in [3.05, 3.63) is 66.6 Å². The first-order chi connectivity index (χ1) is 13.3. The van der Waals surface area contributed by atoms with Crippen LogP contribution in [0.5, 0.6) is 0 Å². The second-order valence-electron chi connectivity index (χ2n) is 6.56. The lowest BCUT2D eigenvalue weighted by atomic mass is 10.1. The summed E-state index contributed by atoms with van der Waals surface area (Å²) in [5.41, 5.74) is 2.38. The second kappa shape index (κ2) is 8.03. The van der Waals surface area contributed by atoms with E-state index in [2.05, 4.69) is 61.3 Å². The monoisotopic (exact) mass is 360 g/mol. The van der Waals surface area contributed by atoms with Crippen LogP contribution >= 0.6 is 0 Å². The van der Waals surface area contributed by atoms with Gasteiger partial charge in [0.25, 0.3) is 0 Å². The number of piperazine rings is 1. The van der Waals surface area contributed by atoms with E-state index in [0.717, 1.165) is 55.7 Å². The van der Waals surface area contributed by atoms with Crippen molar-refractivity contribution in [3.63, 3.8) is 0 Å². The number of aromatic nitrogens is 3. The Morgan fingerprint density at radius 2 is 1.59 bits per heavy atom. The Hall–Kier alpha value is -3.15. The zero-order valence-corrected chi connectivity index (χ0v) is 15.5. The molecule has 1 saturated heterocycles. The van der Waals surface area contributed by atoms with Gasteiger partial charge in [-0.3, -0.25) is 0 Å². The van der Waals surface area contributed by atoms with Crippen molar-refractivity contribution < 1.29 is 0 Å². The number of para-hydroxylation sites is 1. The van der Waals surface area contributed by atoms with E-state index < -0.39 is 0 Å². The van der Waals surface area contributed by atoms with Gasteiger partial charge in [0, 0.05) is 44.1 Å². The van der Waals surface area contributed by atoms with Gasteiger partial charge < -0.3 is 15.1 Å². The first-order valence-electron chi connectivity index (χ1n) is 9.41. The zero-order chi connectivity index (χ0) is 18.5. The minimum absolute atomic E-state index is 0.827. The fourth-order valence-corrected chi connectivity index (χ4v) is 3.38. The van der Waals surface area contributed by atoms with Crippen LogP contribution in [0.15, 0.2) is 61.1 Å². The minimum atomic E-state index is 0.827. The summed E-state index contributed by atoms with van der Waals surface area (Å²) in [4.78, 5) is 18.0. The molecule has 1 N–H and O–H groups in total. The molecule has 0 spiro atoms. The number of pyridine rings is 1. The highest BCUT2D eigenvalue weighted by Crippen LogP contribution is 2.23. The van der Waals surface area contributed by atoms with E-state index in [1.54, 1.807) is 6.33 Å². The van der Waals surface area contributed by atoms with Crippen molar-refractivity contribution in [3.8, 4) is 0 Å². The predicted molar refractivity (Wildman–Crippen MR) is 110 cm³/mol. The fraction of sp³-hybridized carbons (Fsp3) is 0.286. The van der Waals surface area contributed by atoms with Gasteiger partial charge in [-0.05, 0) is 30.2 Å². The molecule has 0 bridgehead atoms. The van der Waals surface area contributed by atoms with Crippen molar-refractivity contribution in [2.24, 2.45) is 0 Å². The molecule has 1 aliphatic rings. The summed E-state index contributed by atoms with van der Waals surface area (Å²) in [5.74, 6) is 2.83. The Labute approximate surface area is 159 Å². The van der Waals surface area contributed by atoms with E-state index in [9.17, 15) is 0 Å². The maximum absolute atomic E-state index is 4.49. The number of rotatable bonds is 5. The summed E-state index contributed by atoms with van der Waals surface area (Å²) in [5, 5.41) is 3.44. The van der Waals surface area contributed by atoms with Crippen molar-refractivity contribution >= 4 is 23.1 Å². The normalized spacial score (nSPS) is 14.3. The van der Waals surface area contributed by atoms with E-state index in [0.29, 0.717) is 0 Å². The lowest BCUT2D eigenvalue weighted by molar-refractivity contribution is 0.641. The number of anilines is 4. The van der Waals surface area contributed by atoms with Crippen LogP contribution in [0.3, 0.4) is 0 Å². The maximum atomic E-state index is 4.49. The van der Waals surface area contributed by atoms with Gasteiger partial charge in [0.2, 0.25) is 0 Å². The Morgan fingerprint density at radius 3 is 2.33 bits per heavy atom. The van der Waals surface area contributed by atoms with E-state index in [1.807, 2.05) is 30.5 Å². The molecule has 1 fully saturated rings. The zero-order valence-electron chi connectivity index (χ0n) is 15.5. The van der Waals surface area contributed by atoms with Gasteiger partial charge in [-0.2, -0.15) is 0 Å². The molecule has 0 amide bonds. The number of hydrogen-bond acceptors (Lipinski definition) is 6. The first kappa shape index (κ1) is 17.3. The van der Waals surface area contributed by atoms with Gasteiger partial charge in [0.1, 0.15) is 23.8 Å². The van der Waals surface area contributed by atoms with Crippen LogP contribution < -0.4 is 15.1 Å². The van der Waals surface area contributed by atoms with Crippen molar-refractivity contribution in [1.82, 2.24) is 15.0 Å². The molecule has 2 aromatic heterocycles. The molecule has 6 nitrogen and oxygen atoms in total. The SMILES string of the molecule is CCc1ccccc1Nc1cc(N2CCN(c3ccccn3)CC2)ncn1. The van der Waals surface area contributed by atoms with Crippen molar-refractivity contribution in [2.45, 2.75) is 13.3 Å². The third-order valence-corrected chi connectivity index (χ3v) is 4.89. The molecule has 0 aliphatic carbocycles. The smallest absolute Gasteiger partial charge is 0.135 e. The lowest BCUT2D eigenvalue weighted by Gasteiger charge is -2.36. The third kappa shape index (κ3) is 4.00. The molecular formula is C21H24N6. The van der Waals surface area contributed by atoms with Gasteiger partial charge in [-0.1, -0.05) is 31.2 Å². The van der Waals surface area contributed by atoms with Crippen LogP contribution in [-0.4, -0.2) is 41.1 Å². The lowest BCUT2D eigenvalue weighted by Crippen LogP contribution is -2.47. The Bertz CT molecular complexity index is 875. The summed E-state index contributed by atoms with van der Waals surface area (Å²) in [6, 6.07) is 16.4. The van der Waals surface area contributed by atoms with Crippen LogP contribution in [0.1, 0.15) is 12.5 Å². The minimum Gasteiger partial charge on any atom is -0.353 e. The fourth-order valence-electron chi connectivity index (χ4n) is 3.38. The second-order valence-corrected chi connectivity index (χ2v) is 6.56. The molecule has 3 aromatic rings. The van der Waals surface area contributed by atoms with Gasteiger partial charge in [-0.15, -0.1) is 0 Å². The van der Waals surface area contributed by atoms with Crippen LogP contribution in [0.25, 0.3) is 0 Å². The molecule has 4 rings (SSSR count). The van der Waals surface area contributed by atoms with E-state index in [4.69, 9.17) is 0 Å². The number of aryl methyl sites for hydroxylation is 1. The highest BCUT2D eigenvalue weighted by atomic mass is 15.3. The molecule has 0 radical (unpaired) electrons. The van der Waals surface area contributed by atoms with Gasteiger partial charge in [0.05, 0.1) is 0 Å². The standard InChI is InChI=1S/C21H24N6/c1-2-17-7-3-4-8-18(17)25-19-15-21(24-16-23-19)27-13-11-26(12-14-27)20-9-5-6-10-22-20/h3-10,15-16H,2,11-14H2,1H3,(H,23,24,25). The molecule has 0 atom stereocenters. The Kier molecular flexibility index (Phi) is 5.14. The van der Waals surface area contributed by atoms with Crippen molar-refractivity contribution in [1.29, 1.82) is 0 Å². The number of benzene rings is 1. The van der Waals surface area contributed by atoms with Gasteiger partial charge in [-0.25, -0.2) is 15.0 Å². The number of nitrogens with one attached hydrogen (secondary N) is 1. The molecule has 3 heterocycles. The summed E-state index contributed by atoms with van der Waals surface area (Å²) < 4.78 is 0. The summed E-state index contributed by atoms with van der Waals surface area (Å²) >= 11 is 0. The van der Waals surface area contributed by atoms with E-state index >= 15 is 0 Å². The van der Waals surface area contributed by atoms with E-state index in [-0.39, 0.29) is 0 Å². The van der Waals surface area contributed by atoms with Crippen LogP contribution in [0, 0.1) is 0 Å². The van der Waals surface area contributed by atoms with Crippen LogP contribution in [0.4, 0.5) is 23.1 Å². The number of nitrogens with zero attached hydrogens (tertiary/aromatic N) is 5. The molecule has 0 saturated carbocycles. The molecule has 1 aliphatic heterocycles. The van der Waals surface area contributed by atoms with Crippen LogP contribution in [0.2, 0.25) is 0 Å². The largest absolute Gasteiger partial charge is 0.353 e. The van der Waals surface area contributed by atoms with E-state index in [1.165, 1.54) is 5.56 Å². The topological polar surface area (TPSA) is 57.2 Å². The quantitative estimate of drug-likeness (QED) is 0.751. The summed E-state index contributed by atoms with van der Waals surface area (Å²) in [6.07, 6.45) is 4.46. The van der Waals surface area contributed by atoms with Gasteiger partial charge >= 0.3 is 0 Å². The van der Waals surface area contributed by atoms with Crippen molar-refractivity contribution in [2.75, 3.05) is 41.3 Å². The molecule has 1 aromatic carbocycles. The average molecular weight is 360 g/mol. The third-order valence-electron chi connectivity index (χ3n) is 4.89. The number of hydrogen-bond donors (Lipinski definition) is 1. The maximum Gasteiger partial charge on any atom is 0.135 e. The molecule has 0 unspecified atom stereocenters.